The van der Waals surface area contributed by atoms with Gasteiger partial charge in [-0.05, 0) is 37.1 Å². The molecule has 1 aliphatic rings. The van der Waals surface area contributed by atoms with E-state index in [1.807, 2.05) is 37.4 Å². The zero-order chi connectivity index (χ0) is 16.9. The highest BCUT2D eigenvalue weighted by atomic mass is 16.6. The summed E-state index contributed by atoms with van der Waals surface area (Å²) in [4.78, 5) is 13.3. The standard InChI is InChI=1S/C19H22N2O3/c1-20(15-8-4-2-5-9-15)18-13-12-17(14-19(18)21(22)23)24-16-10-6-3-7-11-16/h3,6-7,10-15H,2,4-5,8-9H2,1H3. The quantitative estimate of drug-likeness (QED) is 0.563. The van der Waals surface area contributed by atoms with Crippen LogP contribution in [0.15, 0.2) is 48.5 Å². The summed E-state index contributed by atoms with van der Waals surface area (Å²) in [6.45, 7) is 0. The molecule has 0 saturated heterocycles. The Morgan fingerprint density at radius 2 is 1.75 bits per heavy atom. The number of para-hydroxylation sites is 1. The maximum atomic E-state index is 11.5. The van der Waals surface area contributed by atoms with E-state index in [-0.39, 0.29) is 10.6 Å². The topological polar surface area (TPSA) is 55.6 Å². The van der Waals surface area contributed by atoms with E-state index in [0.717, 1.165) is 12.8 Å². The Morgan fingerprint density at radius 3 is 2.42 bits per heavy atom. The molecule has 126 valence electrons. The SMILES string of the molecule is CN(c1ccc(Oc2ccccc2)cc1[N+](=O)[O-])C1CCCCC1. The van der Waals surface area contributed by atoms with Crippen molar-refractivity contribution in [2.45, 2.75) is 38.1 Å². The molecule has 2 aromatic rings. The summed E-state index contributed by atoms with van der Waals surface area (Å²) in [5.74, 6) is 1.15. The molecule has 1 fully saturated rings. The van der Waals surface area contributed by atoms with Gasteiger partial charge in [-0.1, -0.05) is 37.5 Å². The molecule has 5 nitrogen and oxygen atoms in total. The van der Waals surface area contributed by atoms with Crippen LogP contribution in [0.3, 0.4) is 0 Å². The highest BCUT2D eigenvalue weighted by Gasteiger charge is 2.25. The van der Waals surface area contributed by atoms with Crippen LogP contribution in [0.2, 0.25) is 0 Å². The molecule has 0 aromatic heterocycles. The Labute approximate surface area is 142 Å². The summed E-state index contributed by atoms with van der Waals surface area (Å²) in [5.41, 5.74) is 0.754. The van der Waals surface area contributed by atoms with Crippen molar-refractivity contribution < 1.29 is 9.66 Å². The Morgan fingerprint density at radius 1 is 1.04 bits per heavy atom. The van der Waals surface area contributed by atoms with E-state index in [1.165, 1.54) is 25.3 Å². The number of benzene rings is 2. The number of nitro benzene ring substituents is 1. The van der Waals surface area contributed by atoms with Gasteiger partial charge in [0.25, 0.3) is 5.69 Å². The van der Waals surface area contributed by atoms with Gasteiger partial charge >= 0.3 is 0 Å². The predicted octanol–water partition coefficient (Wildman–Crippen LogP) is 5.16. The van der Waals surface area contributed by atoms with E-state index in [9.17, 15) is 10.1 Å². The molecule has 1 saturated carbocycles. The smallest absolute Gasteiger partial charge is 0.296 e. The minimum atomic E-state index is -0.327. The summed E-state index contributed by atoms with van der Waals surface area (Å²) < 4.78 is 5.73. The largest absolute Gasteiger partial charge is 0.457 e. The van der Waals surface area contributed by atoms with Gasteiger partial charge in [-0.15, -0.1) is 0 Å². The number of anilines is 1. The second-order valence-electron chi connectivity index (χ2n) is 6.23. The molecule has 3 rings (SSSR count). The first kappa shape index (κ1) is 16.3. The molecule has 24 heavy (non-hydrogen) atoms. The molecule has 0 bridgehead atoms. The van der Waals surface area contributed by atoms with Gasteiger partial charge in [-0.2, -0.15) is 0 Å². The zero-order valence-corrected chi connectivity index (χ0v) is 13.9. The fraction of sp³-hybridized carbons (Fsp3) is 0.368. The van der Waals surface area contributed by atoms with Crippen molar-refractivity contribution in [1.29, 1.82) is 0 Å². The Bertz CT molecular complexity index is 697. The number of ether oxygens (including phenoxy) is 1. The minimum Gasteiger partial charge on any atom is -0.457 e. The molecule has 5 heteroatoms. The van der Waals surface area contributed by atoms with Gasteiger partial charge in [0.05, 0.1) is 11.0 Å². The number of hydrogen-bond acceptors (Lipinski definition) is 4. The Balaban J connectivity index is 1.85. The summed E-state index contributed by atoms with van der Waals surface area (Å²) in [6, 6.07) is 14.8. The maximum Gasteiger partial charge on any atom is 0.296 e. The monoisotopic (exact) mass is 326 g/mol. The lowest BCUT2D eigenvalue weighted by Crippen LogP contribution is -2.33. The summed E-state index contributed by atoms with van der Waals surface area (Å²) >= 11 is 0. The van der Waals surface area contributed by atoms with Crippen molar-refractivity contribution in [1.82, 2.24) is 0 Å². The highest BCUT2D eigenvalue weighted by molar-refractivity contribution is 5.66. The van der Waals surface area contributed by atoms with Gasteiger partial charge < -0.3 is 9.64 Å². The van der Waals surface area contributed by atoms with Crippen LogP contribution in [0.4, 0.5) is 11.4 Å². The van der Waals surface area contributed by atoms with Crippen LogP contribution in [0.1, 0.15) is 32.1 Å². The fourth-order valence-corrected chi connectivity index (χ4v) is 3.30. The van der Waals surface area contributed by atoms with Crippen molar-refractivity contribution in [3.63, 3.8) is 0 Å². The van der Waals surface area contributed by atoms with Crippen molar-refractivity contribution >= 4 is 11.4 Å². The third-order valence-corrected chi connectivity index (χ3v) is 4.62. The second-order valence-corrected chi connectivity index (χ2v) is 6.23. The van der Waals surface area contributed by atoms with Gasteiger partial charge in [0.15, 0.2) is 0 Å². The molecule has 0 spiro atoms. The van der Waals surface area contributed by atoms with Gasteiger partial charge in [0.1, 0.15) is 17.2 Å². The van der Waals surface area contributed by atoms with E-state index in [4.69, 9.17) is 4.74 Å². The molecule has 0 N–H and O–H groups in total. The molecule has 1 aliphatic carbocycles. The molecule has 0 radical (unpaired) electrons. The molecule has 0 unspecified atom stereocenters. The van der Waals surface area contributed by atoms with E-state index in [1.54, 1.807) is 12.1 Å². The van der Waals surface area contributed by atoms with Gasteiger partial charge in [0, 0.05) is 13.1 Å². The lowest BCUT2D eigenvalue weighted by atomic mass is 9.94. The lowest BCUT2D eigenvalue weighted by molar-refractivity contribution is -0.384. The van der Waals surface area contributed by atoms with E-state index >= 15 is 0 Å². The first-order valence-electron chi connectivity index (χ1n) is 8.39. The highest BCUT2D eigenvalue weighted by Crippen LogP contribution is 2.36. The summed E-state index contributed by atoms with van der Waals surface area (Å²) in [6.07, 6.45) is 5.83. The van der Waals surface area contributed by atoms with Gasteiger partial charge in [-0.3, -0.25) is 10.1 Å². The third-order valence-electron chi connectivity index (χ3n) is 4.62. The van der Waals surface area contributed by atoms with Crippen LogP contribution in [0, 0.1) is 10.1 Å². The number of rotatable bonds is 5. The van der Waals surface area contributed by atoms with Crippen molar-refractivity contribution in [2.75, 3.05) is 11.9 Å². The molecule has 0 heterocycles. The average Bonchev–Trinajstić information content (AvgIpc) is 2.62. The fourth-order valence-electron chi connectivity index (χ4n) is 3.30. The summed E-state index contributed by atoms with van der Waals surface area (Å²) in [7, 11) is 1.95. The van der Waals surface area contributed by atoms with Crippen LogP contribution < -0.4 is 9.64 Å². The molecular formula is C19H22N2O3. The first-order valence-corrected chi connectivity index (χ1v) is 8.39. The summed E-state index contributed by atoms with van der Waals surface area (Å²) in [5, 5.41) is 11.5. The molecule has 0 atom stereocenters. The van der Waals surface area contributed by atoms with Crippen LogP contribution in [0.25, 0.3) is 0 Å². The van der Waals surface area contributed by atoms with E-state index < -0.39 is 0 Å². The number of hydrogen-bond donors (Lipinski definition) is 0. The second kappa shape index (κ2) is 7.34. The molecular weight excluding hydrogens is 304 g/mol. The van der Waals surface area contributed by atoms with Gasteiger partial charge in [-0.25, -0.2) is 0 Å². The van der Waals surface area contributed by atoms with Crippen molar-refractivity contribution in [3.05, 3.63) is 58.6 Å². The van der Waals surface area contributed by atoms with E-state index in [2.05, 4.69) is 4.90 Å². The molecule has 0 amide bonds. The van der Waals surface area contributed by atoms with Crippen LogP contribution in [-0.2, 0) is 0 Å². The number of nitro groups is 1. The molecule has 2 aromatic carbocycles. The third kappa shape index (κ3) is 3.67. The number of nitrogens with zero attached hydrogens (tertiary/aromatic N) is 2. The first-order chi connectivity index (χ1) is 11.6. The van der Waals surface area contributed by atoms with Crippen LogP contribution in [-0.4, -0.2) is 18.0 Å². The molecule has 0 aliphatic heterocycles. The maximum absolute atomic E-state index is 11.5. The minimum absolute atomic E-state index is 0.0940. The van der Waals surface area contributed by atoms with Crippen molar-refractivity contribution in [2.24, 2.45) is 0 Å². The van der Waals surface area contributed by atoms with Crippen molar-refractivity contribution in [3.8, 4) is 11.5 Å². The lowest BCUT2D eigenvalue weighted by Gasteiger charge is -2.32. The predicted molar refractivity (Wildman–Crippen MR) is 94.9 cm³/mol. The van der Waals surface area contributed by atoms with E-state index in [0.29, 0.717) is 23.2 Å². The Kier molecular flexibility index (Phi) is 4.99. The average molecular weight is 326 g/mol. The van der Waals surface area contributed by atoms with Crippen LogP contribution >= 0.6 is 0 Å². The normalized spacial score (nSPS) is 15.0. The van der Waals surface area contributed by atoms with Gasteiger partial charge in [0.2, 0.25) is 0 Å². The van der Waals surface area contributed by atoms with Crippen LogP contribution in [0.5, 0.6) is 11.5 Å². The Hall–Kier alpha value is -2.56. The zero-order valence-electron chi connectivity index (χ0n) is 13.9.